The smallest absolute Gasteiger partial charge is 0.267 e. The van der Waals surface area contributed by atoms with Crippen molar-refractivity contribution in [2.24, 2.45) is 7.05 Å². The van der Waals surface area contributed by atoms with Crippen molar-refractivity contribution in [2.75, 3.05) is 5.32 Å². The van der Waals surface area contributed by atoms with Gasteiger partial charge in [0.05, 0.1) is 16.3 Å². The minimum atomic E-state index is -0.112. The number of carbonyl (C=O) groups excluding carboxylic acids is 1. The highest BCUT2D eigenvalue weighted by Gasteiger charge is 2.16. The summed E-state index contributed by atoms with van der Waals surface area (Å²) in [6.45, 7) is 5.89. The summed E-state index contributed by atoms with van der Waals surface area (Å²) in [6.07, 6.45) is 0. The maximum atomic E-state index is 12.3. The van der Waals surface area contributed by atoms with Crippen molar-refractivity contribution >= 4 is 43.9 Å². The monoisotopic (exact) mass is 306 g/mol. The molecule has 7 heteroatoms. The summed E-state index contributed by atoms with van der Waals surface area (Å²) >= 11 is 2.94. The van der Waals surface area contributed by atoms with Crippen molar-refractivity contribution in [3.8, 4) is 0 Å². The van der Waals surface area contributed by atoms with Crippen LogP contribution in [0.4, 0.5) is 5.13 Å². The molecule has 3 rings (SSSR count). The fourth-order valence-electron chi connectivity index (χ4n) is 2.00. The summed E-state index contributed by atoms with van der Waals surface area (Å²) < 4.78 is 1.81. The lowest BCUT2D eigenvalue weighted by Crippen LogP contribution is -2.09. The summed E-state index contributed by atoms with van der Waals surface area (Å²) in [5, 5.41) is 8.88. The molecule has 3 aromatic heterocycles. The Morgan fingerprint density at radius 1 is 1.25 bits per heavy atom. The number of thiazole rings is 1. The maximum absolute atomic E-state index is 12.3. The van der Waals surface area contributed by atoms with Gasteiger partial charge in [0, 0.05) is 17.3 Å². The van der Waals surface area contributed by atoms with Gasteiger partial charge in [-0.1, -0.05) is 0 Å². The van der Waals surface area contributed by atoms with Crippen molar-refractivity contribution < 1.29 is 4.79 Å². The maximum Gasteiger partial charge on any atom is 0.267 e. The van der Waals surface area contributed by atoms with Gasteiger partial charge in [0.25, 0.3) is 5.91 Å². The molecule has 0 unspecified atom stereocenters. The Morgan fingerprint density at radius 3 is 2.60 bits per heavy atom. The molecule has 20 heavy (non-hydrogen) atoms. The molecule has 1 N–H and O–H groups in total. The highest BCUT2D eigenvalue weighted by Crippen LogP contribution is 2.29. The first-order valence-corrected chi connectivity index (χ1v) is 7.77. The number of hydrogen-bond donors (Lipinski definition) is 1. The molecular formula is C13H14N4OS2. The highest BCUT2D eigenvalue weighted by molar-refractivity contribution is 7.20. The van der Waals surface area contributed by atoms with Gasteiger partial charge in [0.1, 0.15) is 4.83 Å². The molecule has 0 saturated carbocycles. The van der Waals surface area contributed by atoms with Gasteiger partial charge >= 0.3 is 0 Å². The van der Waals surface area contributed by atoms with Gasteiger partial charge in [0.2, 0.25) is 0 Å². The Labute approximate surface area is 124 Å². The molecule has 0 aliphatic rings. The molecule has 104 valence electrons. The second-order valence-electron chi connectivity index (χ2n) is 4.65. The minimum Gasteiger partial charge on any atom is -0.297 e. The van der Waals surface area contributed by atoms with Crippen LogP contribution in [0.5, 0.6) is 0 Å². The lowest BCUT2D eigenvalue weighted by Gasteiger charge is -1.97. The molecule has 0 spiro atoms. The number of thiophene rings is 1. The topological polar surface area (TPSA) is 59.8 Å². The lowest BCUT2D eigenvalue weighted by atomic mass is 10.3. The fraction of sp³-hybridized carbons (Fsp3) is 0.308. The zero-order valence-electron chi connectivity index (χ0n) is 11.6. The number of aromatic nitrogens is 3. The summed E-state index contributed by atoms with van der Waals surface area (Å²) in [7, 11) is 1.89. The van der Waals surface area contributed by atoms with E-state index in [2.05, 4.69) is 15.4 Å². The second kappa shape index (κ2) is 4.68. The molecule has 3 heterocycles. The van der Waals surface area contributed by atoms with Crippen molar-refractivity contribution in [1.29, 1.82) is 0 Å². The number of amides is 1. The van der Waals surface area contributed by atoms with Gasteiger partial charge in [-0.15, -0.1) is 22.7 Å². The molecule has 0 atom stereocenters. The van der Waals surface area contributed by atoms with Crippen LogP contribution < -0.4 is 5.32 Å². The van der Waals surface area contributed by atoms with Gasteiger partial charge in [-0.05, 0) is 26.8 Å². The first-order valence-electron chi connectivity index (χ1n) is 6.14. The Kier molecular flexibility index (Phi) is 3.10. The van der Waals surface area contributed by atoms with Crippen molar-refractivity contribution in [1.82, 2.24) is 14.8 Å². The average Bonchev–Trinajstić information content (AvgIpc) is 3.00. The Bertz CT molecular complexity index is 758. The standard InChI is InChI=1S/C13H14N4OS2/c1-6-8(3)19-13(14-6)15-11(18)10-5-9-7(2)16-17(4)12(9)20-10/h5H,1-4H3,(H,14,15,18). The molecule has 0 bridgehead atoms. The van der Waals surface area contributed by atoms with E-state index in [9.17, 15) is 4.79 Å². The number of nitrogens with zero attached hydrogens (tertiary/aromatic N) is 3. The third kappa shape index (κ3) is 2.12. The molecule has 0 aliphatic heterocycles. The van der Waals surface area contributed by atoms with E-state index in [1.165, 1.54) is 22.7 Å². The molecule has 0 aliphatic carbocycles. The first kappa shape index (κ1) is 13.3. The number of hydrogen-bond acceptors (Lipinski definition) is 5. The molecule has 0 fully saturated rings. The van der Waals surface area contributed by atoms with Gasteiger partial charge in [-0.2, -0.15) is 5.10 Å². The van der Waals surface area contributed by atoms with E-state index >= 15 is 0 Å². The third-order valence-corrected chi connectivity index (χ3v) is 5.36. The normalized spacial score (nSPS) is 11.2. The van der Waals surface area contributed by atoms with Crippen LogP contribution in [0.25, 0.3) is 10.2 Å². The predicted octanol–water partition coefficient (Wildman–Crippen LogP) is 3.27. The van der Waals surface area contributed by atoms with Crippen LogP contribution in [0, 0.1) is 20.8 Å². The summed E-state index contributed by atoms with van der Waals surface area (Å²) in [6, 6.07) is 1.89. The van der Waals surface area contributed by atoms with Crippen LogP contribution in [0.3, 0.4) is 0 Å². The lowest BCUT2D eigenvalue weighted by molar-refractivity contribution is 0.103. The number of rotatable bonds is 2. The van der Waals surface area contributed by atoms with Crippen LogP contribution in [-0.2, 0) is 7.05 Å². The van der Waals surface area contributed by atoms with Crippen LogP contribution in [-0.4, -0.2) is 20.7 Å². The summed E-state index contributed by atoms with van der Waals surface area (Å²) in [4.78, 5) is 19.4. The fourth-order valence-corrected chi connectivity index (χ4v) is 3.83. The van der Waals surface area contributed by atoms with Crippen LogP contribution >= 0.6 is 22.7 Å². The highest BCUT2D eigenvalue weighted by atomic mass is 32.1. The summed E-state index contributed by atoms with van der Waals surface area (Å²) in [5.41, 5.74) is 1.90. The molecule has 0 aromatic carbocycles. The molecule has 5 nitrogen and oxygen atoms in total. The molecule has 0 radical (unpaired) electrons. The van der Waals surface area contributed by atoms with Crippen LogP contribution in [0.1, 0.15) is 25.9 Å². The molecule has 3 aromatic rings. The van der Waals surface area contributed by atoms with Gasteiger partial charge in [-0.3, -0.25) is 14.8 Å². The van der Waals surface area contributed by atoms with E-state index in [0.29, 0.717) is 10.0 Å². The Balaban J connectivity index is 1.90. The van der Waals surface area contributed by atoms with E-state index in [4.69, 9.17) is 0 Å². The van der Waals surface area contributed by atoms with Crippen molar-refractivity contribution in [3.05, 3.63) is 27.2 Å². The van der Waals surface area contributed by atoms with Gasteiger partial charge in [-0.25, -0.2) is 4.98 Å². The minimum absolute atomic E-state index is 0.112. The number of fused-ring (bicyclic) bond motifs is 1. The van der Waals surface area contributed by atoms with E-state index in [1.54, 1.807) is 0 Å². The van der Waals surface area contributed by atoms with Crippen molar-refractivity contribution in [3.63, 3.8) is 0 Å². The largest absolute Gasteiger partial charge is 0.297 e. The number of carbonyl (C=O) groups is 1. The van der Waals surface area contributed by atoms with E-state index < -0.39 is 0 Å². The van der Waals surface area contributed by atoms with Gasteiger partial charge in [0.15, 0.2) is 5.13 Å². The van der Waals surface area contributed by atoms with Crippen molar-refractivity contribution in [2.45, 2.75) is 20.8 Å². The number of aryl methyl sites for hydroxylation is 4. The zero-order chi connectivity index (χ0) is 14.4. The van der Waals surface area contributed by atoms with E-state index in [0.717, 1.165) is 26.5 Å². The first-order chi connectivity index (χ1) is 9.45. The van der Waals surface area contributed by atoms with Gasteiger partial charge < -0.3 is 0 Å². The van der Waals surface area contributed by atoms with E-state index in [1.807, 2.05) is 38.6 Å². The molecular weight excluding hydrogens is 292 g/mol. The Morgan fingerprint density at radius 2 is 2.00 bits per heavy atom. The Hall–Kier alpha value is -1.73. The van der Waals surface area contributed by atoms with E-state index in [-0.39, 0.29) is 5.91 Å². The van der Waals surface area contributed by atoms with Crippen LogP contribution in [0.2, 0.25) is 0 Å². The average molecular weight is 306 g/mol. The predicted molar refractivity (Wildman–Crippen MR) is 82.9 cm³/mol. The van der Waals surface area contributed by atoms with Crippen LogP contribution in [0.15, 0.2) is 6.07 Å². The second-order valence-corrected chi connectivity index (χ2v) is 6.89. The quantitative estimate of drug-likeness (QED) is 0.790. The number of anilines is 1. The SMILES string of the molecule is Cc1nc(NC(=O)c2cc3c(C)nn(C)c3s2)sc1C. The molecule has 0 saturated heterocycles. The number of nitrogens with one attached hydrogen (secondary N) is 1. The molecule has 1 amide bonds. The summed E-state index contributed by atoms with van der Waals surface area (Å²) in [5.74, 6) is -0.112. The zero-order valence-corrected chi connectivity index (χ0v) is 13.3. The third-order valence-electron chi connectivity index (χ3n) is 3.17.